The number of fused-ring (bicyclic) bond motifs is 1. The van der Waals surface area contributed by atoms with Crippen LogP contribution in [0.1, 0.15) is 16.8 Å². The van der Waals surface area contributed by atoms with Gasteiger partial charge >= 0.3 is 0 Å². The van der Waals surface area contributed by atoms with Gasteiger partial charge in [0, 0.05) is 18.3 Å². The highest BCUT2D eigenvalue weighted by Gasteiger charge is 2.27. The normalized spacial score (nSPS) is 13.8. The third-order valence-electron chi connectivity index (χ3n) is 3.30. The Kier molecular flexibility index (Phi) is 3.81. The second kappa shape index (κ2) is 5.75. The molecule has 0 saturated heterocycles. The molecule has 0 amide bonds. The second-order valence-electron chi connectivity index (χ2n) is 4.75. The molecule has 0 bridgehead atoms. The molecule has 1 aromatic carbocycles. The smallest absolute Gasteiger partial charge is 0.258 e. The Balaban J connectivity index is 1.68. The van der Waals surface area contributed by atoms with Gasteiger partial charge in [0.2, 0.25) is 0 Å². The summed E-state index contributed by atoms with van der Waals surface area (Å²) in [4.78, 5) is 8.25. The molecule has 21 heavy (non-hydrogen) atoms. The third kappa shape index (κ3) is 3.01. The Morgan fingerprint density at radius 1 is 1.10 bits per heavy atom. The summed E-state index contributed by atoms with van der Waals surface area (Å²) in [7, 11) is -3.58. The van der Waals surface area contributed by atoms with E-state index in [9.17, 15) is 8.42 Å². The fourth-order valence-corrected chi connectivity index (χ4v) is 3.48. The fraction of sp³-hybridized carbons (Fsp3) is 0.200. The Labute approximate surface area is 123 Å². The van der Waals surface area contributed by atoms with Crippen molar-refractivity contribution >= 4 is 15.1 Å². The van der Waals surface area contributed by atoms with Crippen LogP contribution in [0.5, 0.6) is 0 Å². The van der Waals surface area contributed by atoms with Crippen LogP contribution in [-0.2, 0) is 23.0 Å². The van der Waals surface area contributed by atoms with Crippen molar-refractivity contribution in [3.8, 4) is 0 Å². The summed E-state index contributed by atoms with van der Waals surface area (Å²) < 4.78 is 27.2. The molecule has 0 radical (unpaired) electrons. The number of benzene rings is 1. The number of hydrogen-bond acceptors (Lipinski definition) is 4. The minimum absolute atomic E-state index is 0.0960. The van der Waals surface area contributed by atoms with Gasteiger partial charge in [0.25, 0.3) is 10.0 Å². The average Bonchev–Trinajstić information content (AvgIpc) is 2.93. The van der Waals surface area contributed by atoms with Crippen LogP contribution < -0.4 is 4.72 Å². The first-order valence-electron chi connectivity index (χ1n) is 6.69. The first kappa shape index (κ1) is 13.9. The van der Waals surface area contributed by atoms with Gasteiger partial charge in [-0.15, -0.1) is 0 Å². The van der Waals surface area contributed by atoms with Crippen molar-refractivity contribution in [2.24, 2.45) is 4.99 Å². The van der Waals surface area contributed by atoms with E-state index in [0.29, 0.717) is 30.8 Å². The Morgan fingerprint density at radius 3 is 2.71 bits per heavy atom. The van der Waals surface area contributed by atoms with Crippen LogP contribution >= 0.6 is 0 Å². The Bertz CT molecular complexity index is 771. The molecule has 0 aliphatic carbocycles. The lowest BCUT2D eigenvalue weighted by atomic mass is 10.2. The highest BCUT2D eigenvalue weighted by molar-refractivity contribution is 8.05. The first-order chi connectivity index (χ1) is 10.2. The number of hydrogen-bond donors (Lipinski definition) is 1. The molecule has 1 aliphatic rings. The zero-order chi connectivity index (χ0) is 14.7. The third-order valence-corrected chi connectivity index (χ3v) is 4.74. The molecule has 0 spiro atoms. The van der Waals surface area contributed by atoms with Gasteiger partial charge in [0.15, 0.2) is 5.04 Å². The number of aliphatic imine (C=N–C) groups is 1. The second-order valence-corrected chi connectivity index (χ2v) is 6.43. The zero-order valence-electron chi connectivity index (χ0n) is 11.4. The van der Waals surface area contributed by atoms with Gasteiger partial charge in [-0.1, -0.05) is 30.3 Å². The summed E-state index contributed by atoms with van der Waals surface area (Å²) in [5, 5.41) is 0.0960. The number of nitrogens with one attached hydrogen (secondary N) is 1. The quantitative estimate of drug-likeness (QED) is 0.930. The summed E-state index contributed by atoms with van der Waals surface area (Å²) in [6.07, 6.45) is 2.29. The van der Waals surface area contributed by atoms with Gasteiger partial charge in [-0.3, -0.25) is 9.98 Å². The maximum Gasteiger partial charge on any atom is 0.258 e. The molecule has 0 unspecified atom stereocenters. The molecule has 2 aromatic rings. The summed E-state index contributed by atoms with van der Waals surface area (Å²) in [5.41, 5.74) is 2.40. The predicted molar refractivity (Wildman–Crippen MR) is 81.5 cm³/mol. The van der Waals surface area contributed by atoms with Gasteiger partial charge in [-0.05, 0) is 24.1 Å². The Morgan fingerprint density at radius 2 is 1.90 bits per heavy atom. The number of sulfonamides is 1. The molecular weight excluding hydrogens is 286 g/mol. The summed E-state index contributed by atoms with van der Waals surface area (Å²) >= 11 is 0. The van der Waals surface area contributed by atoms with E-state index in [4.69, 9.17) is 0 Å². The standard InChI is InChI=1S/C15H15N3O2S/c19-21(20,18-10-8-12-5-2-1-3-6-12)15-13-7-4-9-16-14(13)11-17-15/h1-7,9,18H,8,10-11H2. The monoisotopic (exact) mass is 301 g/mol. The van der Waals surface area contributed by atoms with Crippen LogP contribution in [0.15, 0.2) is 53.7 Å². The summed E-state index contributed by atoms with van der Waals surface area (Å²) in [5.74, 6) is 0. The molecule has 108 valence electrons. The van der Waals surface area contributed by atoms with Crippen LogP contribution in [-0.4, -0.2) is 25.0 Å². The van der Waals surface area contributed by atoms with Gasteiger partial charge < -0.3 is 0 Å². The molecule has 1 aromatic heterocycles. The minimum atomic E-state index is -3.58. The number of pyridine rings is 1. The van der Waals surface area contributed by atoms with E-state index in [1.807, 2.05) is 30.3 Å². The van der Waals surface area contributed by atoms with Crippen LogP contribution in [0, 0.1) is 0 Å². The highest BCUT2D eigenvalue weighted by Crippen LogP contribution is 2.18. The van der Waals surface area contributed by atoms with Crippen molar-refractivity contribution in [3.63, 3.8) is 0 Å². The van der Waals surface area contributed by atoms with E-state index in [0.717, 1.165) is 5.56 Å². The maximum absolute atomic E-state index is 12.3. The SMILES string of the molecule is O=S(=O)(NCCc1ccccc1)C1=NCc2ncccc21. The van der Waals surface area contributed by atoms with Gasteiger partial charge in [0.05, 0.1) is 12.2 Å². The van der Waals surface area contributed by atoms with E-state index < -0.39 is 10.0 Å². The number of rotatable bonds is 4. The summed E-state index contributed by atoms with van der Waals surface area (Å²) in [6.45, 7) is 0.673. The molecule has 0 saturated carbocycles. The Hall–Kier alpha value is -2.05. The van der Waals surface area contributed by atoms with E-state index >= 15 is 0 Å². The highest BCUT2D eigenvalue weighted by atomic mass is 32.2. The van der Waals surface area contributed by atoms with E-state index in [2.05, 4.69) is 14.7 Å². The van der Waals surface area contributed by atoms with E-state index in [1.165, 1.54) is 0 Å². The average molecular weight is 301 g/mol. The fourth-order valence-electron chi connectivity index (χ4n) is 2.26. The van der Waals surface area contributed by atoms with Crippen molar-refractivity contribution in [1.82, 2.24) is 9.71 Å². The predicted octanol–water partition coefficient (Wildman–Crippen LogP) is 1.50. The van der Waals surface area contributed by atoms with Crippen LogP contribution in [0.3, 0.4) is 0 Å². The molecule has 2 heterocycles. The molecule has 0 fully saturated rings. The lowest BCUT2D eigenvalue weighted by Crippen LogP contribution is -2.32. The molecule has 6 heteroatoms. The van der Waals surface area contributed by atoms with Gasteiger partial charge in [0.1, 0.15) is 0 Å². The molecule has 1 N–H and O–H groups in total. The maximum atomic E-state index is 12.3. The summed E-state index contributed by atoms with van der Waals surface area (Å²) in [6, 6.07) is 13.2. The van der Waals surface area contributed by atoms with E-state index in [1.54, 1.807) is 18.3 Å². The van der Waals surface area contributed by atoms with Crippen LogP contribution in [0.4, 0.5) is 0 Å². The zero-order valence-corrected chi connectivity index (χ0v) is 12.2. The largest absolute Gasteiger partial charge is 0.265 e. The topological polar surface area (TPSA) is 71.4 Å². The van der Waals surface area contributed by atoms with Crippen LogP contribution in [0.2, 0.25) is 0 Å². The molecule has 1 aliphatic heterocycles. The lowest BCUT2D eigenvalue weighted by molar-refractivity contribution is 0.593. The van der Waals surface area contributed by atoms with Gasteiger partial charge in [-0.25, -0.2) is 13.1 Å². The van der Waals surface area contributed by atoms with Crippen molar-refractivity contribution in [1.29, 1.82) is 0 Å². The van der Waals surface area contributed by atoms with Crippen molar-refractivity contribution in [2.45, 2.75) is 13.0 Å². The molecular formula is C15H15N3O2S. The van der Waals surface area contributed by atoms with Crippen molar-refractivity contribution in [3.05, 3.63) is 65.5 Å². The number of nitrogens with zero attached hydrogens (tertiary/aromatic N) is 2. The molecule has 0 atom stereocenters. The minimum Gasteiger partial charge on any atom is -0.265 e. The van der Waals surface area contributed by atoms with E-state index in [-0.39, 0.29) is 5.04 Å². The van der Waals surface area contributed by atoms with Gasteiger partial charge in [-0.2, -0.15) is 0 Å². The number of aromatic nitrogens is 1. The van der Waals surface area contributed by atoms with Crippen molar-refractivity contribution in [2.75, 3.05) is 6.54 Å². The first-order valence-corrected chi connectivity index (χ1v) is 8.17. The van der Waals surface area contributed by atoms with Crippen LogP contribution in [0.25, 0.3) is 0 Å². The van der Waals surface area contributed by atoms with Crippen molar-refractivity contribution < 1.29 is 8.42 Å². The molecule has 5 nitrogen and oxygen atoms in total. The molecule has 3 rings (SSSR count). The lowest BCUT2D eigenvalue weighted by Gasteiger charge is -2.07.